The molecule has 1 aliphatic heterocycles. The standard InChI is InChI=1S/C19H17N5OS/c1-12-3-2-4-14-15(7-9-25-18(12)14)20-16-5-6-17-21-22-19(24(17)23-16)13-8-10-26-11-13/h2-6,8,10-11,15H,7,9H2,1H3,(H,20,23)/t15-/m1/s1. The van der Waals surface area contributed by atoms with E-state index in [0.717, 1.165) is 40.6 Å². The van der Waals surface area contributed by atoms with E-state index in [4.69, 9.17) is 9.84 Å². The molecule has 1 atom stereocenters. The van der Waals surface area contributed by atoms with Crippen molar-refractivity contribution in [3.8, 4) is 17.1 Å². The summed E-state index contributed by atoms with van der Waals surface area (Å²) in [4.78, 5) is 0. The van der Waals surface area contributed by atoms with Crippen LogP contribution in [-0.2, 0) is 0 Å². The second-order valence-corrected chi connectivity index (χ2v) is 7.13. The molecule has 1 aliphatic rings. The SMILES string of the molecule is Cc1cccc2c1OCC[C@H]2Nc1ccc2nnc(-c3ccsc3)n2n1. The maximum absolute atomic E-state index is 5.86. The van der Waals surface area contributed by atoms with Crippen molar-refractivity contribution >= 4 is 22.8 Å². The fourth-order valence-electron chi connectivity index (χ4n) is 3.35. The highest BCUT2D eigenvalue weighted by Crippen LogP contribution is 2.36. The molecule has 0 fully saturated rings. The van der Waals surface area contributed by atoms with Gasteiger partial charge < -0.3 is 10.1 Å². The Morgan fingerprint density at radius 2 is 2.15 bits per heavy atom. The van der Waals surface area contributed by atoms with Crippen molar-refractivity contribution < 1.29 is 4.74 Å². The van der Waals surface area contributed by atoms with E-state index in [1.165, 1.54) is 5.56 Å². The van der Waals surface area contributed by atoms with Gasteiger partial charge in [0.15, 0.2) is 11.5 Å². The number of rotatable bonds is 3. The summed E-state index contributed by atoms with van der Waals surface area (Å²) in [5.74, 6) is 2.54. The van der Waals surface area contributed by atoms with Crippen molar-refractivity contribution in [2.75, 3.05) is 11.9 Å². The molecule has 0 bridgehead atoms. The van der Waals surface area contributed by atoms with Gasteiger partial charge in [-0.25, -0.2) is 0 Å². The fourth-order valence-corrected chi connectivity index (χ4v) is 3.98. The van der Waals surface area contributed by atoms with Gasteiger partial charge in [0.25, 0.3) is 0 Å². The average Bonchev–Trinajstić information content (AvgIpc) is 3.31. The second-order valence-electron chi connectivity index (χ2n) is 6.35. The highest BCUT2D eigenvalue weighted by molar-refractivity contribution is 7.08. The number of nitrogens with one attached hydrogen (secondary N) is 1. The summed E-state index contributed by atoms with van der Waals surface area (Å²) in [6, 6.07) is 12.4. The monoisotopic (exact) mass is 363 g/mol. The van der Waals surface area contributed by atoms with Crippen molar-refractivity contribution in [2.45, 2.75) is 19.4 Å². The molecule has 7 heteroatoms. The molecule has 26 heavy (non-hydrogen) atoms. The first-order valence-corrected chi connectivity index (χ1v) is 9.48. The van der Waals surface area contributed by atoms with Gasteiger partial charge in [-0.15, -0.1) is 15.3 Å². The maximum atomic E-state index is 5.86. The van der Waals surface area contributed by atoms with E-state index in [-0.39, 0.29) is 6.04 Å². The summed E-state index contributed by atoms with van der Waals surface area (Å²) < 4.78 is 7.66. The number of aryl methyl sites for hydroxylation is 1. The highest BCUT2D eigenvalue weighted by atomic mass is 32.1. The molecule has 6 nitrogen and oxygen atoms in total. The number of benzene rings is 1. The van der Waals surface area contributed by atoms with Gasteiger partial charge in [0.1, 0.15) is 11.6 Å². The van der Waals surface area contributed by atoms with Gasteiger partial charge in [-0.2, -0.15) is 15.9 Å². The van der Waals surface area contributed by atoms with Crippen molar-refractivity contribution in [1.82, 2.24) is 19.8 Å². The third kappa shape index (κ3) is 2.52. The highest BCUT2D eigenvalue weighted by Gasteiger charge is 2.23. The van der Waals surface area contributed by atoms with E-state index in [1.54, 1.807) is 15.9 Å². The molecule has 130 valence electrons. The molecule has 5 rings (SSSR count). The van der Waals surface area contributed by atoms with Gasteiger partial charge in [0.2, 0.25) is 0 Å². The van der Waals surface area contributed by atoms with Gasteiger partial charge in [-0.3, -0.25) is 0 Å². The zero-order valence-electron chi connectivity index (χ0n) is 14.2. The Bertz CT molecular complexity index is 1070. The van der Waals surface area contributed by atoms with Crippen LogP contribution in [0.1, 0.15) is 23.6 Å². The lowest BCUT2D eigenvalue weighted by Crippen LogP contribution is -2.21. The Balaban J connectivity index is 1.51. The summed E-state index contributed by atoms with van der Waals surface area (Å²) in [7, 11) is 0. The summed E-state index contributed by atoms with van der Waals surface area (Å²) in [5.41, 5.74) is 4.11. The molecule has 4 aromatic rings. The summed E-state index contributed by atoms with van der Waals surface area (Å²) in [5, 5.41) is 20.9. The Morgan fingerprint density at radius 3 is 3.04 bits per heavy atom. The summed E-state index contributed by atoms with van der Waals surface area (Å²) in [6.07, 6.45) is 0.899. The lowest BCUT2D eigenvalue weighted by atomic mass is 9.98. The second kappa shape index (κ2) is 6.10. The maximum Gasteiger partial charge on any atom is 0.186 e. The number of ether oxygens (including phenoxy) is 1. The van der Waals surface area contributed by atoms with Crippen LogP contribution in [-0.4, -0.2) is 26.4 Å². The van der Waals surface area contributed by atoms with Crippen molar-refractivity contribution in [3.05, 3.63) is 58.3 Å². The third-order valence-electron chi connectivity index (χ3n) is 4.63. The number of hydrogen-bond donors (Lipinski definition) is 1. The number of thiophene rings is 1. The van der Waals surface area contributed by atoms with Gasteiger partial charge in [0, 0.05) is 22.9 Å². The van der Waals surface area contributed by atoms with Crippen LogP contribution in [0.2, 0.25) is 0 Å². The normalized spacial score (nSPS) is 16.3. The molecule has 0 saturated heterocycles. The molecule has 3 aromatic heterocycles. The minimum Gasteiger partial charge on any atom is -0.493 e. The summed E-state index contributed by atoms with van der Waals surface area (Å²) >= 11 is 1.63. The van der Waals surface area contributed by atoms with E-state index in [9.17, 15) is 0 Å². The van der Waals surface area contributed by atoms with Gasteiger partial charge in [0.05, 0.1) is 12.6 Å². The largest absolute Gasteiger partial charge is 0.493 e. The lowest BCUT2D eigenvalue weighted by Gasteiger charge is -2.28. The number of anilines is 1. The third-order valence-corrected chi connectivity index (χ3v) is 5.32. The number of hydrogen-bond acceptors (Lipinski definition) is 6. The first-order chi connectivity index (χ1) is 12.8. The number of fused-ring (bicyclic) bond motifs is 2. The van der Waals surface area contributed by atoms with Crippen LogP contribution >= 0.6 is 11.3 Å². The molecular formula is C19H17N5OS. The van der Waals surface area contributed by atoms with E-state index >= 15 is 0 Å². The smallest absolute Gasteiger partial charge is 0.186 e. The first-order valence-electron chi connectivity index (χ1n) is 8.53. The van der Waals surface area contributed by atoms with E-state index in [0.29, 0.717) is 6.61 Å². The number of para-hydroxylation sites is 1. The van der Waals surface area contributed by atoms with Crippen molar-refractivity contribution in [2.24, 2.45) is 0 Å². The molecule has 1 aromatic carbocycles. The molecule has 1 N–H and O–H groups in total. The molecular weight excluding hydrogens is 346 g/mol. The molecule has 0 amide bonds. The minimum atomic E-state index is 0.171. The predicted octanol–water partition coefficient (Wildman–Crippen LogP) is 4.10. The molecule has 0 spiro atoms. The Hall–Kier alpha value is -2.93. The van der Waals surface area contributed by atoms with Crippen molar-refractivity contribution in [3.63, 3.8) is 0 Å². The molecule has 0 unspecified atom stereocenters. The number of aromatic nitrogens is 4. The van der Waals surface area contributed by atoms with Crippen LogP contribution in [0.25, 0.3) is 17.0 Å². The van der Waals surface area contributed by atoms with Crippen LogP contribution < -0.4 is 10.1 Å². The molecule has 0 aliphatic carbocycles. The van der Waals surface area contributed by atoms with E-state index < -0.39 is 0 Å². The van der Waals surface area contributed by atoms with E-state index in [2.05, 4.69) is 46.0 Å². The van der Waals surface area contributed by atoms with Crippen LogP contribution in [0.3, 0.4) is 0 Å². The predicted molar refractivity (Wildman–Crippen MR) is 102 cm³/mol. The van der Waals surface area contributed by atoms with Gasteiger partial charge in [-0.1, -0.05) is 18.2 Å². The van der Waals surface area contributed by atoms with Crippen LogP contribution in [0.15, 0.2) is 47.2 Å². The van der Waals surface area contributed by atoms with Crippen LogP contribution in [0, 0.1) is 6.92 Å². The summed E-state index contributed by atoms with van der Waals surface area (Å²) in [6.45, 7) is 2.78. The fraction of sp³-hybridized carbons (Fsp3) is 0.211. The van der Waals surface area contributed by atoms with Crippen molar-refractivity contribution in [1.29, 1.82) is 0 Å². The minimum absolute atomic E-state index is 0.171. The van der Waals surface area contributed by atoms with Crippen LogP contribution in [0.4, 0.5) is 5.82 Å². The number of nitrogens with zero attached hydrogens (tertiary/aromatic N) is 4. The zero-order valence-corrected chi connectivity index (χ0v) is 15.0. The van der Waals surface area contributed by atoms with E-state index in [1.807, 2.05) is 23.6 Å². The Kier molecular flexibility index (Phi) is 3.60. The van der Waals surface area contributed by atoms with Gasteiger partial charge >= 0.3 is 0 Å². The average molecular weight is 363 g/mol. The lowest BCUT2D eigenvalue weighted by molar-refractivity contribution is 0.272. The first kappa shape index (κ1) is 15.3. The quantitative estimate of drug-likeness (QED) is 0.594. The zero-order chi connectivity index (χ0) is 17.5. The van der Waals surface area contributed by atoms with Crippen LogP contribution in [0.5, 0.6) is 5.75 Å². The molecule has 0 saturated carbocycles. The Morgan fingerprint density at radius 1 is 1.19 bits per heavy atom. The molecule has 4 heterocycles. The molecule has 0 radical (unpaired) electrons. The topological polar surface area (TPSA) is 64.3 Å². The van der Waals surface area contributed by atoms with Gasteiger partial charge in [-0.05, 0) is 36.1 Å². The Labute approximate surface area is 154 Å².